The third-order valence-corrected chi connectivity index (χ3v) is 6.90. The fourth-order valence-corrected chi connectivity index (χ4v) is 5.62. The quantitative estimate of drug-likeness (QED) is 0.376. The number of benzene rings is 1. The van der Waals surface area contributed by atoms with Crippen LogP contribution in [0.1, 0.15) is 22.4 Å². The summed E-state index contributed by atoms with van der Waals surface area (Å²) in [5, 5.41) is 4.22. The lowest BCUT2D eigenvalue weighted by Crippen LogP contribution is -2.24. The fraction of sp³-hybridized carbons (Fsp3) is 0.286. The summed E-state index contributed by atoms with van der Waals surface area (Å²) in [4.78, 5) is 32.3. The van der Waals surface area contributed by atoms with Crippen molar-refractivity contribution in [3.8, 4) is 0 Å². The molecule has 144 valence electrons. The molecule has 2 aromatic heterocycles. The lowest BCUT2D eigenvalue weighted by Gasteiger charge is -2.11. The Morgan fingerprint density at radius 2 is 2.29 bits per heavy atom. The highest BCUT2D eigenvalue weighted by atomic mass is 32.2. The molecule has 0 radical (unpaired) electrons. The van der Waals surface area contributed by atoms with Crippen LogP contribution in [0.5, 0.6) is 0 Å². The minimum absolute atomic E-state index is 0.0223. The molecule has 7 heteroatoms. The molecule has 4 rings (SSSR count). The lowest BCUT2D eigenvalue weighted by molar-refractivity contribution is -0.113. The van der Waals surface area contributed by atoms with Crippen molar-refractivity contribution in [2.24, 2.45) is 0 Å². The number of hydrogen-bond donors (Lipinski definition) is 1. The van der Waals surface area contributed by atoms with E-state index >= 15 is 0 Å². The van der Waals surface area contributed by atoms with Gasteiger partial charge in [0.25, 0.3) is 5.56 Å². The molecule has 0 atom stereocenters. The lowest BCUT2D eigenvalue weighted by atomic mass is 10.2. The average Bonchev–Trinajstić information content (AvgIpc) is 3.23. The first-order valence-electron chi connectivity index (χ1n) is 9.22. The Bertz CT molecular complexity index is 1130. The van der Waals surface area contributed by atoms with Crippen molar-refractivity contribution < 1.29 is 4.79 Å². The van der Waals surface area contributed by atoms with Crippen LogP contribution in [0.4, 0.5) is 5.69 Å². The molecule has 2 heterocycles. The van der Waals surface area contributed by atoms with Crippen molar-refractivity contribution in [3.05, 3.63) is 63.3 Å². The van der Waals surface area contributed by atoms with Gasteiger partial charge in [-0.25, -0.2) is 4.98 Å². The molecule has 5 nitrogen and oxygen atoms in total. The second-order valence-electron chi connectivity index (χ2n) is 6.84. The van der Waals surface area contributed by atoms with Crippen LogP contribution in [-0.4, -0.2) is 21.2 Å². The number of thiophene rings is 1. The van der Waals surface area contributed by atoms with Gasteiger partial charge in [0.1, 0.15) is 4.83 Å². The number of nitrogens with one attached hydrogen (secondary N) is 1. The van der Waals surface area contributed by atoms with Crippen LogP contribution in [0.2, 0.25) is 0 Å². The summed E-state index contributed by atoms with van der Waals surface area (Å²) in [6, 6.07) is 7.68. The number of rotatable bonds is 6. The van der Waals surface area contributed by atoms with Crippen LogP contribution in [0.25, 0.3) is 10.2 Å². The van der Waals surface area contributed by atoms with E-state index in [2.05, 4.69) is 11.9 Å². The smallest absolute Gasteiger partial charge is 0.263 e. The van der Waals surface area contributed by atoms with Crippen molar-refractivity contribution in [2.75, 3.05) is 11.1 Å². The Balaban J connectivity index is 1.59. The SMILES string of the molecule is C=CCn1c(SCC(=O)Nc2cccc(C)c2)nc2sc3c(c2c1=O)CCC3. The van der Waals surface area contributed by atoms with Gasteiger partial charge in [0.2, 0.25) is 5.91 Å². The standard InChI is InChI=1S/C21H21N3O2S2/c1-3-10-24-20(26)18-15-8-5-9-16(15)28-19(18)23-21(24)27-12-17(25)22-14-7-4-6-13(2)11-14/h3-4,6-7,11H,1,5,8-10,12H2,2H3,(H,22,25). The zero-order valence-electron chi connectivity index (χ0n) is 15.7. The molecule has 3 aromatic rings. The number of carbonyl (C=O) groups excluding carboxylic acids is 1. The number of nitrogens with zero attached hydrogens (tertiary/aromatic N) is 2. The van der Waals surface area contributed by atoms with E-state index in [-0.39, 0.29) is 17.2 Å². The van der Waals surface area contributed by atoms with E-state index in [0.717, 1.165) is 40.7 Å². The monoisotopic (exact) mass is 411 g/mol. The molecular weight excluding hydrogens is 390 g/mol. The first-order valence-corrected chi connectivity index (χ1v) is 11.0. The van der Waals surface area contributed by atoms with Crippen LogP contribution >= 0.6 is 23.1 Å². The molecule has 1 aliphatic carbocycles. The molecule has 28 heavy (non-hydrogen) atoms. The highest BCUT2D eigenvalue weighted by molar-refractivity contribution is 7.99. The van der Waals surface area contributed by atoms with Crippen LogP contribution in [0, 0.1) is 6.92 Å². The Labute approximate surface area is 171 Å². The molecule has 0 saturated heterocycles. The summed E-state index contributed by atoms with van der Waals surface area (Å²) in [6.45, 7) is 6.13. The highest BCUT2D eigenvalue weighted by Gasteiger charge is 2.23. The molecule has 0 spiro atoms. The number of amides is 1. The maximum Gasteiger partial charge on any atom is 0.263 e. The number of anilines is 1. The van der Waals surface area contributed by atoms with E-state index in [9.17, 15) is 9.59 Å². The number of hydrogen-bond acceptors (Lipinski definition) is 5. The molecule has 1 amide bonds. The van der Waals surface area contributed by atoms with Gasteiger partial charge in [-0.05, 0) is 49.4 Å². The molecule has 0 saturated carbocycles. The van der Waals surface area contributed by atoms with Crippen molar-refractivity contribution in [2.45, 2.75) is 37.9 Å². The topological polar surface area (TPSA) is 64.0 Å². The van der Waals surface area contributed by atoms with Crippen LogP contribution < -0.4 is 10.9 Å². The summed E-state index contributed by atoms with van der Waals surface area (Å²) in [7, 11) is 0. The Kier molecular flexibility index (Phi) is 5.37. The van der Waals surface area contributed by atoms with E-state index < -0.39 is 0 Å². The van der Waals surface area contributed by atoms with Gasteiger partial charge in [0, 0.05) is 17.1 Å². The van der Waals surface area contributed by atoms with E-state index in [1.54, 1.807) is 22.0 Å². The van der Waals surface area contributed by atoms with Crippen molar-refractivity contribution in [1.82, 2.24) is 9.55 Å². The zero-order chi connectivity index (χ0) is 19.7. The second-order valence-corrected chi connectivity index (χ2v) is 8.87. The second kappa shape index (κ2) is 7.93. The zero-order valence-corrected chi connectivity index (χ0v) is 17.3. The van der Waals surface area contributed by atoms with Gasteiger partial charge >= 0.3 is 0 Å². The number of carbonyl (C=O) groups is 1. The first-order chi connectivity index (χ1) is 13.6. The van der Waals surface area contributed by atoms with Gasteiger partial charge in [0.15, 0.2) is 5.16 Å². The van der Waals surface area contributed by atoms with Crippen molar-refractivity contribution in [3.63, 3.8) is 0 Å². The largest absolute Gasteiger partial charge is 0.325 e. The summed E-state index contributed by atoms with van der Waals surface area (Å²) >= 11 is 2.90. The molecular formula is C21H21N3O2S2. The Morgan fingerprint density at radius 1 is 1.43 bits per heavy atom. The predicted molar refractivity (Wildman–Crippen MR) is 117 cm³/mol. The number of aromatic nitrogens is 2. The van der Waals surface area contributed by atoms with E-state index in [4.69, 9.17) is 4.98 Å². The molecule has 1 aliphatic rings. The van der Waals surface area contributed by atoms with Gasteiger partial charge in [-0.15, -0.1) is 17.9 Å². The van der Waals surface area contributed by atoms with E-state index in [1.165, 1.54) is 22.2 Å². The van der Waals surface area contributed by atoms with Gasteiger partial charge in [0.05, 0.1) is 11.1 Å². The summed E-state index contributed by atoms with van der Waals surface area (Å²) in [6.07, 6.45) is 4.77. The Morgan fingerprint density at radius 3 is 3.07 bits per heavy atom. The molecule has 0 fully saturated rings. The normalized spacial score (nSPS) is 12.9. The number of thioether (sulfide) groups is 1. The third kappa shape index (κ3) is 3.64. The summed E-state index contributed by atoms with van der Waals surface area (Å²) < 4.78 is 1.63. The van der Waals surface area contributed by atoms with Crippen LogP contribution in [0.3, 0.4) is 0 Å². The van der Waals surface area contributed by atoms with E-state index in [0.29, 0.717) is 11.7 Å². The highest BCUT2D eigenvalue weighted by Crippen LogP contribution is 2.35. The Hall–Kier alpha value is -2.38. The van der Waals surface area contributed by atoms with Crippen LogP contribution in [-0.2, 0) is 24.2 Å². The van der Waals surface area contributed by atoms with Gasteiger partial charge in [-0.3, -0.25) is 14.2 Å². The summed E-state index contributed by atoms with van der Waals surface area (Å²) in [5.74, 6) is 0.0671. The van der Waals surface area contributed by atoms with Gasteiger partial charge < -0.3 is 5.32 Å². The maximum atomic E-state index is 13.1. The summed E-state index contributed by atoms with van der Waals surface area (Å²) in [5.41, 5.74) is 3.00. The molecule has 0 aliphatic heterocycles. The number of fused-ring (bicyclic) bond motifs is 3. The van der Waals surface area contributed by atoms with Crippen LogP contribution in [0.15, 0.2) is 46.9 Å². The predicted octanol–water partition coefficient (Wildman–Crippen LogP) is 4.17. The number of aryl methyl sites for hydroxylation is 3. The van der Waals surface area contributed by atoms with Crippen molar-refractivity contribution in [1.29, 1.82) is 0 Å². The minimum Gasteiger partial charge on any atom is -0.325 e. The molecule has 1 aromatic carbocycles. The number of allylic oxidation sites excluding steroid dienone is 1. The maximum absolute atomic E-state index is 13.1. The van der Waals surface area contributed by atoms with E-state index in [1.807, 2.05) is 31.2 Å². The molecule has 0 unspecified atom stereocenters. The van der Waals surface area contributed by atoms with Gasteiger partial charge in [-0.1, -0.05) is 30.0 Å². The van der Waals surface area contributed by atoms with Gasteiger partial charge in [-0.2, -0.15) is 0 Å². The average molecular weight is 412 g/mol. The van der Waals surface area contributed by atoms with Crippen molar-refractivity contribution >= 4 is 44.9 Å². The fourth-order valence-electron chi connectivity index (χ4n) is 3.51. The minimum atomic E-state index is -0.122. The molecule has 0 bridgehead atoms. The third-order valence-electron chi connectivity index (χ3n) is 4.74. The molecule has 1 N–H and O–H groups in total. The first kappa shape index (κ1) is 19.0.